The summed E-state index contributed by atoms with van der Waals surface area (Å²) < 4.78 is 4.32. The minimum atomic E-state index is -0.417. The standard InChI is InChI=1S/C4H10N2O2/c1-3(6-5)4(7)8-2/h3,6H,5H2,1-2H3/t3-/m0/s1. The molecule has 0 aliphatic carbocycles. The van der Waals surface area contributed by atoms with E-state index < -0.39 is 6.04 Å². The van der Waals surface area contributed by atoms with Crippen molar-refractivity contribution in [3.63, 3.8) is 0 Å². The number of ether oxygens (including phenoxy) is 1. The van der Waals surface area contributed by atoms with E-state index in [1.54, 1.807) is 6.92 Å². The maximum absolute atomic E-state index is 10.4. The maximum Gasteiger partial charge on any atom is 0.323 e. The molecule has 0 spiro atoms. The van der Waals surface area contributed by atoms with Gasteiger partial charge in [0.1, 0.15) is 6.04 Å². The number of hydrazine groups is 1. The van der Waals surface area contributed by atoms with Gasteiger partial charge >= 0.3 is 5.97 Å². The predicted molar refractivity (Wildman–Crippen MR) is 28.8 cm³/mol. The van der Waals surface area contributed by atoms with E-state index in [4.69, 9.17) is 5.84 Å². The molecule has 3 N–H and O–H groups in total. The van der Waals surface area contributed by atoms with Crippen molar-refractivity contribution in [1.82, 2.24) is 5.43 Å². The average molecular weight is 118 g/mol. The fraction of sp³-hybridized carbons (Fsp3) is 0.750. The predicted octanol–water partition coefficient (Wildman–Crippen LogP) is -0.989. The van der Waals surface area contributed by atoms with Crippen LogP contribution in [0.25, 0.3) is 0 Å². The molecule has 1 atom stereocenters. The van der Waals surface area contributed by atoms with Crippen molar-refractivity contribution in [2.75, 3.05) is 7.11 Å². The molecule has 0 aliphatic heterocycles. The van der Waals surface area contributed by atoms with Gasteiger partial charge in [0.2, 0.25) is 0 Å². The summed E-state index contributed by atoms with van der Waals surface area (Å²) in [5.74, 6) is 4.54. The normalized spacial score (nSPS) is 12.9. The first-order valence-corrected chi connectivity index (χ1v) is 2.26. The van der Waals surface area contributed by atoms with Crippen LogP contribution in [0, 0.1) is 0 Å². The molecular formula is C4H10N2O2. The molecule has 4 nitrogen and oxygen atoms in total. The highest BCUT2D eigenvalue weighted by Crippen LogP contribution is 1.80. The Kier molecular flexibility index (Phi) is 3.14. The van der Waals surface area contributed by atoms with E-state index in [9.17, 15) is 4.79 Å². The Morgan fingerprint density at radius 1 is 1.88 bits per heavy atom. The van der Waals surface area contributed by atoms with Crippen molar-refractivity contribution in [3.05, 3.63) is 0 Å². The van der Waals surface area contributed by atoms with Gasteiger partial charge in [-0.25, -0.2) is 5.43 Å². The molecule has 0 saturated carbocycles. The first kappa shape index (κ1) is 7.39. The lowest BCUT2D eigenvalue weighted by Crippen LogP contribution is -2.39. The smallest absolute Gasteiger partial charge is 0.323 e. The fourth-order valence-electron chi connectivity index (χ4n) is 0.245. The van der Waals surface area contributed by atoms with Crippen LogP contribution >= 0.6 is 0 Å². The van der Waals surface area contributed by atoms with E-state index in [0.717, 1.165) is 0 Å². The van der Waals surface area contributed by atoms with Crippen LogP contribution in [0.1, 0.15) is 6.92 Å². The molecule has 4 heteroatoms. The van der Waals surface area contributed by atoms with Gasteiger partial charge in [-0.3, -0.25) is 10.6 Å². The molecule has 0 amide bonds. The summed E-state index contributed by atoms with van der Waals surface area (Å²) in [4.78, 5) is 10.4. The lowest BCUT2D eigenvalue weighted by molar-refractivity contribution is -0.142. The zero-order valence-corrected chi connectivity index (χ0v) is 4.97. The number of hydrogen-bond acceptors (Lipinski definition) is 4. The molecule has 0 bridgehead atoms. The van der Waals surface area contributed by atoms with E-state index in [-0.39, 0.29) is 5.97 Å². The third kappa shape index (κ3) is 1.90. The van der Waals surface area contributed by atoms with Crippen LogP contribution < -0.4 is 11.3 Å². The van der Waals surface area contributed by atoms with Gasteiger partial charge in [0.25, 0.3) is 0 Å². The van der Waals surface area contributed by atoms with Crippen LogP contribution in [0.5, 0.6) is 0 Å². The molecule has 0 unspecified atom stereocenters. The zero-order valence-electron chi connectivity index (χ0n) is 4.97. The molecule has 0 radical (unpaired) electrons. The Morgan fingerprint density at radius 2 is 2.38 bits per heavy atom. The lowest BCUT2D eigenvalue weighted by Gasteiger charge is -2.04. The number of hydrogen-bond donors (Lipinski definition) is 2. The van der Waals surface area contributed by atoms with Crippen molar-refractivity contribution >= 4 is 5.97 Å². The number of methoxy groups -OCH3 is 1. The van der Waals surface area contributed by atoms with Crippen molar-refractivity contribution in [3.8, 4) is 0 Å². The maximum atomic E-state index is 10.4. The van der Waals surface area contributed by atoms with Crippen LogP contribution in [0.4, 0.5) is 0 Å². The van der Waals surface area contributed by atoms with Crippen LogP contribution in [-0.4, -0.2) is 19.1 Å². The highest BCUT2D eigenvalue weighted by molar-refractivity contribution is 5.74. The third-order valence-electron chi connectivity index (χ3n) is 0.805. The van der Waals surface area contributed by atoms with Crippen LogP contribution in [0.2, 0.25) is 0 Å². The van der Waals surface area contributed by atoms with Crippen molar-refractivity contribution < 1.29 is 9.53 Å². The van der Waals surface area contributed by atoms with Crippen LogP contribution in [0.3, 0.4) is 0 Å². The number of nitrogens with one attached hydrogen (secondary N) is 1. The Morgan fingerprint density at radius 3 is 2.50 bits per heavy atom. The minimum absolute atomic E-state index is 0.354. The molecular weight excluding hydrogens is 108 g/mol. The van der Waals surface area contributed by atoms with Crippen LogP contribution in [0.15, 0.2) is 0 Å². The second-order valence-corrected chi connectivity index (χ2v) is 1.41. The first-order chi connectivity index (χ1) is 3.72. The Bertz CT molecular complexity index is 84.1. The van der Waals surface area contributed by atoms with Gasteiger partial charge in [-0.1, -0.05) is 0 Å². The monoisotopic (exact) mass is 118 g/mol. The number of nitrogens with two attached hydrogens (primary N) is 1. The lowest BCUT2D eigenvalue weighted by atomic mass is 10.4. The number of esters is 1. The third-order valence-corrected chi connectivity index (χ3v) is 0.805. The Hall–Kier alpha value is -0.610. The van der Waals surface area contributed by atoms with Crippen molar-refractivity contribution in [1.29, 1.82) is 0 Å². The van der Waals surface area contributed by atoms with Gasteiger partial charge < -0.3 is 4.74 Å². The number of carbonyl (C=O) groups is 1. The summed E-state index contributed by atoms with van der Waals surface area (Å²) in [6.45, 7) is 1.62. The van der Waals surface area contributed by atoms with Crippen LogP contribution in [-0.2, 0) is 9.53 Å². The highest BCUT2D eigenvalue weighted by Gasteiger charge is 2.08. The molecule has 0 fully saturated rings. The second kappa shape index (κ2) is 3.40. The van der Waals surface area contributed by atoms with E-state index in [1.807, 2.05) is 0 Å². The topological polar surface area (TPSA) is 64.3 Å². The Balaban J connectivity index is 3.46. The highest BCUT2D eigenvalue weighted by atomic mass is 16.5. The summed E-state index contributed by atoms with van der Waals surface area (Å²) in [6.07, 6.45) is 0. The van der Waals surface area contributed by atoms with E-state index in [0.29, 0.717) is 0 Å². The second-order valence-electron chi connectivity index (χ2n) is 1.41. The molecule has 0 aromatic heterocycles. The van der Waals surface area contributed by atoms with Gasteiger partial charge in [-0.2, -0.15) is 0 Å². The van der Waals surface area contributed by atoms with Gasteiger partial charge in [-0.05, 0) is 6.92 Å². The van der Waals surface area contributed by atoms with Gasteiger partial charge in [0, 0.05) is 0 Å². The van der Waals surface area contributed by atoms with E-state index >= 15 is 0 Å². The zero-order chi connectivity index (χ0) is 6.57. The van der Waals surface area contributed by atoms with Gasteiger partial charge in [-0.15, -0.1) is 0 Å². The summed E-state index contributed by atoms with van der Waals surface area (Å²) in [5.41, 5.74) is 2.24. The molecule has 48 valence electrons. The molecule has 0 aliphatic rings. The molecule has 0 aromatic carbocycles. The Labute approximate surface area is 48.0 Å². The van der Waals surface area contributed by atoms with Crippen molar-refractivity contribution in [2.45, 2.75) is 13.0 Å². The molecule has 0 aromatic rings. The minimum Gasteiger partial charge on any atom is -0.468 e. The molecule has 0 saturated heterocycles. The van der Waals surface area contributed by atoms with Crippen molar-refractivity contribution in [2.24, 2.45) is 5.84 Å². The van der Waals surface area contributed by atoms with Gasteiger partial charge in [0.05, 0.1) is 7.11 Å². The SMILES string of the molecule is COC(=O)[C@H](C)NN. The summed E-state index contributed by atoms with van der Waals surface area (Å²) in [5, 5.41) is 0. The number of rotatable bonds is 2. The first-order valence-electron chi connectivity index (χ1n) is 2.26. The number of carbonyl (C=O) groups excluding carboxylic acids is 1. The molecule has 0 rings (SSSR count). The fourth-order valence-corrected chi connectivity index (χ4v) is 0.245. The van der Waals surface area contributed by atoms with E-state index in [1.165, 1.54) is 7.11 Å². The summed E-state index contributed by atoms with van der Waals surface area (Å²) in [6, 6.07) is -0.417. The summed E-state index contributed by atoms with van der Waals surface area (Å²) >= 11 is 0. The molecule has 0 heterocycles. The summed E-state index contributed by atoms with van der Waals surface area (Å²) in [7, 11) is 1.32. The van der Waals surface area contributed by atoms with E-state index in [2.05, 4.69) is 10.2 Å². The van der Waals surface area contributed by atoms with Gasteiger partial charge in [0.15, 0.2) is 0 Å². The molecule has 8 heavy (non-hydrogen) atoms. The quantitative estimate of drug-likeness (QED) is 0.277. The average Bonchev–Trinajstić information content (AvgIpc) is 1.84. The largest absolute Gasteiger partial charge is 0.468 e.